The molecule has 0 aromatic heterocycles. The zero-order valence-electron chi connectivity index (χ0n) is 9.25. The van der Waals surface area contributed by atoms with E-state index in [0.717, 1.165) is 25.7 Å². The lowest BCUT2D eigenvalue weighted by Crippen LogP contribution is -2.12. The van der Waals surface area contributed by atoms with Gasteiger partial charge in [0.2, 0.25) is 0 Å². The fraction of sp³-hybridized carbons (Fsp3) is 1.00. The summed E-state index contributed by atoms with van der Waals surface area (Å²) in [7, 11) is -4.33. The maximum Gasteiger partial charge on any atom is 0.414 e. The van der Waals surface area contributed by atoms with E-state index in [2.05, 4.69) is 14.7 Å². The van der Waals surface area contributed by atoms with E-state index in [-0.39, 0.29) is 6.61 Å². The highest BCUT2D eigenvalue weighted by molar-refractivity contribution is 7.92. The van der Waals surface area contributed by atoms with Crippen LogP contribution in [0.1, 0.15) is 45.4 Å². The third-order valence-corrected chi connectivity index (χ3v) is 3.45. The molecule has 0 spiro atoms. The molecular formula is C8H18O6S2. The molecule has 0 aliphatic carbocycles. The molecule has 1 unspecified atom stereocenters. The zero-order valence-corrected chi connectivity index (χ0v) is 10.9. The highest BCUT2D eigenvalue weighted by Crippen LogP contribution is 2.06. The molecule has 0 rings (SSSR count). The molecule has 0 saturated carbocycles. The first kappa shape index (κ1) is 16.0. The molecule has 0 heterocycles. The minimum Gasteiger partial charge on any atom is -0.283 e. The molecule has 6 nitrogen and oxygen atoms in total. The molecule has 0 aromatic rings. The zero-order chi connectivity index (χ0) is 12.4. The summed E-state index contributed by atoms with van der Waals surface area (Å²) in [6.07, 6.45) is 5.94. The standard InChI is InChI=1S/C8H18O6S2/c1-2-3-4-5-6-7-8-13-16(11,12)14-15(9)10/h2-8H2,1H3,(H,9,10). The van der Waals surface area contributed by atoms with Crippen LogP contribution in [0.2, 0.25) is 0 Å². The van der Waals surface area contributed by atoms with Crippen LogP contribution in [0.25, 0.3) is 0 Å². The summed E-state index contributed by atoms with van der Waals surface area (Å²) < 4.78 is 47.8. The predicted molar refractivity (Wildman–Crippen MR) is 60.1 cm³/mol. The van der Waals surface area contributed by atoms with Crippen LogP contribution in [0.3, 0.4) is 0 Å². The molecule has 0 fully saturated rings. The molecule has 1 atom stereocenters. The van der Waals surface area contributed by atoms with Crippen molar-refractivity contribution in [3.8, 4) is 0 Å². The van der Waals surface area contributed by atoms with E-state index in [1.165, 1.54) is 6.42 Å². The lowest BCUT2D eigenvalue weighted by Gasteiger charge is -2.02. The first-order valence-corrected chi connectivity index (χ1v) is 7.54. The van der Waals surface area contributed by atoms with E-state index < -0.39 is 21.8 Å². The third-order valence-electron chi connectivity index (χ3n) is 1.87. The maximum absolute atomic E-state index is 10.8. The van der Waals surface area contributed by atoms with Crippen LogP contribution in [0.4, 0.5) is 0 Å². The van der Waals surface area contributed by atoms with Crippen LogP contribution >= 0.6 is 0 Å². The van der Waals surface area contributed by atoms with E-state index >= 15 is 0 Å². The molecule has 0 saturated heterocycles. The van der Waals surface area contributed by atoms with Crippen LogP contribution in [0.5, 0.6) is 0 Å². The third kappa shape index (κ3) is 10.5. The topological polar surface area (TPSA) is 89.9 Å². The second-order valence-electron chi connectivity index (χ2n) is 3.28. The minimum atomic E-state index is -4.33. The monoisotopic (exact) mass is 274 g/mol. The fourth-order valence-electron chi connectivity index (χ4n) is 1.13. The fourth-order valence-corrected chi connectivity index (χ4v) is 2.18. The van der Waals surface area contributed by atoms with Gasteiger partial charge < -0.3 is 0 Å². The summed E-state index contributed by atoms with van der Waals surface area (Å²) in [5.41, 5.74) is 0. The van der Waals surface area contributed by atoms with Crippen LogP contribution in [0, 0.1) is 0 Å². The number of hydrogen-bond donors (Lipinski definition) is 1. The molecule has 8 heteroatoms. The summed E-state index contributed by atoms with van der Waals surface area (Å²) in [5.74, 6) is 0. The quantitative estimate of drug-likeness (QED) is 0.482. The Bertz CT molecular complexity index is 287. The average molecular weight is 274 g/mol. The van der Waals surface area contributed by atoms with Gasteiger partial charge in [0.25, 0.3) is 0 Å². The molecule has 0 amide bonds. The Hall–Kier alpha value is -0.0200. The van der Waals surface area contributed by atoms with E-state index in [1.807, 2.05) is 0 Å². The Kier molecular flexibility index (Phi) is 9.04. The van der Waals surface area contributed by atoms with Crippen molar-refractivity contribution in [2.24, 2.45) is 0 Å². The second-order valence-corrected chi connectivity index (χ2v) is 5.31. The normalized spacial score (nSPS) is 13.9. The Morgan fingerprint density at radius 1 is 1.12 bits per heavy atom. The van der Waals surface area contributed by atoms with Crippen molar-refractivity contribution in [3.05, 3.63) is 0 Å². The second kappa shape index (κ2) is 9.06. The lowest BCUT2D eigenvalue weighted by atomic mass is 10.1. The highest BCUT2D eigenvalue weighted by Gasteiger charge is 2.15. The van der Waals surface area contributed by atoms with Crippen molar-refractivity contribution in [3.63, 3.8) is 0 Å². The molecule has 0 bridgehead atoms. The average Bonchev–Trinajstić information content (AvgIpc) is 2.14. The van der Waals surface area contributed by atoms with E-state index in [9.17, 15) is 12.6 Å². The van der Waals surface area contributed by atoms with Gasteiger partial charge in [-0.3, -0.25) is 4.55 Å². The Labute approximate surface area is 99.2 Å². The maximum atomic E-state index is 10.8. The van der Waals surface area contributed by atoms with E-state index in [1.54, 1.807) is 0 Å². The molecule has 0 aliphatic heterocycles. The molecule has 1 N–H and O–H groups in total. The van der Waals surface area contributed by atoms with Crippen LogP contribution in [-0.2, 0) is 29.6 Å². The SMILES string of the molecule is CCCCCCCCOS(=O)(=O)OS(=O)O. The lowest BCUT2D eigenvalue weighted by molar-refractivity contribution is 0.265. The van der Waals surface area contributed by atoms with Crippen LogP contribution in [-0.4, -0.2) is 23.8 Å². The molecule has 0 aliphatic rings. The summed E-state index contributed by atoms with van der Waals surface area (Å²) in [6.45, 7) is 2.09. The van der Waals surface area contributed by atoms with E-state index in [4.69, 9.17) is 4.55 Å². The van der Waals surface area contributed by atoms with Gasteiger partial charge in [-0.05, 0) is 6.42 Å². The van der Waals surface area contributed by atoms with Gasteiger partial charge in [-0.15, -0.1) is 3.63 Å². The van der Waals surface area contributed by atoms with Crippen molar-refractivity contribution < 1.29 is 25.0 Å². The van der Waals surface area contributed by atoms with Gasteiger partial charge >= 0.3 is 21.8 Å². The minimum absolute atomic E-state index is 0.0222. The summed E-state index contributed by atoms with van der Waals surface area (Å²) >= 11 is -2.86. The van der Waals surface area contributed by atoms with Gasteiger partial charge in [0.1, 0.15) is 0 Å². The van der Waals surface area contributed by atoms with Crippen molar-refractivity contribution in [2.45, 2.75) is 45.4 Å². The van der Waals surface area contributed by atoms with Gasteiger partial charge in [-0.25, -0.2) is 4.18 Å². The largest absolute Gasteiger partial charge is 0.414 e. The highest BCUT2D eigenvalue weighted by atomic mass is 32.3. The first-order valence-electron chi connectivity index (χ1n) is 5.18. The number of hydrogen-bond acceptors (Lipinski definition) is 5. The van der Waals surface area contributed by atoms with Crippen molar-refractivity contribution in [1.82, 2.24) is 0 Å². The van der Waals surface area contributed by atoms with Gasteiger partial charge in [0, 0.05) is 0 Å². The first-order chi connectivity index (χ1) is 7.48. The van der Waals surface area contributed by atoms with E-state index in [0.29, 0.717) is 6.42 Å². The van der Waals surface area contributed by atoms with Crippen LogP contribution in [0.15, 0.2) is 0 Å². The summed E-state index contributed by atoms with van der Waals surface area (Å²) in [6, 6.07) is 0. The van der Waals surface area contributed by atoms with Gasteiger partial charge in [0.15, 0.2) is 0 Å². The molecule has 98 valence electrons. The van der Waals surface area contributed by atoms with Crippen molar-refractivity contribution in [2.75, 3.05) is 6.61 Å². The van der Waals surface area contributed by atoms with Gasteiger partial charge in [0.05, 0.1) is 6.61 Å². The van der Waals surface area contributed by atoms with Gasteiger partial charge in [-0.1, -0.05) is 39.0 Å². The molecule has 0 aromatic carbocycles. The van der Waals surface area contributed by atoms with Crippen molar-refractivity contribution >= 4 is 21.8 Å². The number of rotatable bonds is 10. The van der Waals surface area contributed by atoms with Crippen LogP contribution < -0.4 is 0 Å². The smallest absolute Gasteiger partial charge is 0.283 e. The Balaban J connectivity index is 3.47. The summed E-state index contributed by atoms with van der Waals surface area (Å²) in [4.78, 5) is 0. The molecular weight excluding hydrogens is 256 g/mol. The molecule has 16 heavy (non-hydrogen) atoms. The predicted octanol–water partition coefficient (Wildman–Crippen LogP) is 1.76. The Morgan fingerprint density at radius 3 is 2.25 bits per heavy atom. The summed E-state index contributed by atoms with van der Waals surface area (Å²) in [5, 5.41) is 0. The van der Waals surface area contributed by atoms with Gasteiger partial charge in [-0.2, -0.15) is 12.6 Å². The molecule has 0 radical (unpaired) electrons. The Morgan fingerprint density at radius 2 is 1.69 bits per heavy atom. The van der Waals surface area contributed by atoms with Crippen molar-refractivity contribution in [1.29, 1.82) is 0 Å². The number of unbranched alkanes of at least 4 members (excludes halogenated alkanes) is 5.